The van der Waals surface area contributed by atoms with Crippen LogP contribution in [0.1, 0.15) is 35.2 Å². The summed E-state index contributed by atoms with van der Waals surface area (Å²) in [6.45, 7) is 3.20. The number of hydrogen-bond donors (Lipinski definition) is 0. The molecule has 0 amide bonds. The summed E-state index contributed by atoms with van der Waals surface area (Å²) in [5.41, 5.74) is -0.613. The van der Waals surface area contributed by atoms with Crippen LogP contribution in [-0.4, -0.2) is 40.1 Å². The molecule has 1 aliphatic heterocycles. The zero-order valence-electron chi connectivity index (χ0n) is 14.5. The van der Waals surface area contributed by atoms with Crippen LogP contribution in [0.2, 0.25) is 0 Å². The van der Waals surface area contributed by atoms with Crippen molar-refractivity contribution in [2.75, 3.05) is 19.6 Å². The van der Waals surface area contributed by atoms with Gasteiger partial charge < -0.3 is 4.90 Å². The number of carbonyl (C=O) groups is 1. The first kappa shape index (κ1) is 18.6. The molecular weight excluding hydrogens is 343 g/mol. The highest BCUT2D eigenvalue weighted by molar-refractivity contribution is 5.98. The lowest BCUT2D eigenvalue weighted by molar-refractivity contribution is -0.137. The Kier molecular flexibility index (Phi) is 5.76. The second-order valence-electron chi connectivity index (χ2n) is 6.71. The fraction of sp³-hybridized carbons (Fsp3) is 0.474. The highest BCUT2D eigenvalue weighted by Gasteiger charge is 2.32. The molecule has 7 heteroatoms. The van der Waals surface area contributed by atoms with Gasteiger partial charge in [0.05, 0.1) is 5.56 Å². The highest BCUT2D eigenvalue weighted by Crippen LogP contribution is 2.30. The number of halogens is 3. The number of carbonyl (C=O) groups excluding carboxylic acids is 1. The molecule has 0 radical (unpaired) electrons. The number of piperidine rings is 1. The SMILES string of the molecule is O=C(c1cccc(C(F)(F)F)c1)C1CCCN(CCCn2cccn2)C1. The number of likely N-dealkylation sites (tertiary alicyclic amines) is 1. The molecule has 2 aromatic rings. The van der Waals surface area contributed by atoms with E-state index < -0.39 is 11.7 Å². The number of nitrogens with zero attached hydrogens (tertiary/aromatic N) is 3. The first-order chi connectivity index (χ1) is 12.4. The Hall–Kier alpha value is -2.15. The summed E-state index contributed by atoms with van der Waals surface area (Å²) >= 11 is 0. The number of hydrogen-bond acceptors (Lipinski definition) is 3. The lowest BCUT2D eigenvalue weighted by atomic mass is 9.89. The van der Waals surface area contributed by atoms with E-state index in [1.54, 1.807) is 6.20 Å². The third-order valence-electron chi connectivity index (χ3n) is 4.77. The minimum absolute atomic E-state index is 0.156. The van der Waals surface area contributed by atoms with Crippen molar-refractivity contribution in [2.24, 2.45) is 5.92 Å². The van der Waals surface area contributed by atoms with Gasteiger partial charge in [0.15, 0.2) is 5.78 Å². The van der Waals surface area contributed by atoms with Crippen molar-refractivity contribution in [3.8, 4) is 0 Å². The van der Waals surface area contributed by atoms with Gasteiger partial charge in [-0.25, -0.2) is 0 Å². The van der Waals surface area contributed by atoms with Gasteiger partial charge in [0.25, 0.3) is 0 Å². The van der Waals surface area contributed by atoms with Crippen molar-refractivity contribution in [1.82, 2.24) is 14.7 Å². The van der Waals surface area contributed by atoms with E-state index in [4.69, 9.17) is 0 Å². The number of benzene rings is 1. The molecule has 1 saturated heterocycles. The van der Waals surface area contributed by atoms with Gasteiger partial charge in [-0.2, -0.15) is 18.3 Å². The van der Waals surface area contributed by atoms with Crippen LogP contribution in [0, 0.1) is 5.92 Å². The summed E-state index contributed by atoms with van der Waals surface area (Å²) in [5.74, 6) is -0.426. The van der Waals surface area contributed by atoms with Crippen LogP contribution in [0.5, 0.6) is 0 Å². The van der Waals surface area contributed by atoms with E-state index in [-0.39, 0.29) is 17.3 Å². The van der Waals surface area contributed by atoms with Crippen molar-refractivity contribution in [3.05, 3.63) is 53.9 Å². The number of aromatic nitrogens is 2. The second-order valence-corrected chi connectivity index (χ2v) is 6.71. The summed E-state index contributed by atoms with van der Waals surface area (Å²) in [6, 6.07) is 6.64. The topological polar surface area (TPSA) is 38.1 Å². The summed E-state index contributed by atoms with van der Waals surface area (Å²) in [4.78, 5) is 14.9. The molecule has 1 aromatic heterocycles. The highest BCUT2D eigenvalue weighted by atomic mass is 19.4. The minimum atomic E-state index is -4.43. The zero-order valence-corrected chi connectivity index (χ0v) is 14.5. The summed E-state index contributed by atoms with van der Waals surface area (Å²) < 4.78 is 40.5. The molecule has 1 atom stereocenters. The Labute approximate surface area is 150 Å². The van der Waals surface area contributed by atoms with E-state index in [2.05, 4.69) is 10.00 Å². The van der Waals surface area contributed by atoms with Gasteiger partial charge in [-0.05, 0) is 50.6 Å². The Morgan fingerprint density at radius 3 is 2.81 bits per heavy atom. The van der Waals surface area contributed by atoms with E-state index in [1.165, 1.54) is 12.1 Å². The van der Waals surface area contributed by atoms with E-state index in [1.807, 2.05) is 16.9 Å². The minimum Gasteiger partial charge on any atom is -0.303 e. The molecule has 4 nitrogen and oxygen atoms in total. The number of rotatable bonds is 6. The Balaban J connectivity index is 1.57. The van der Waals surface area contributed by atoms with E-state index in [9.17, 15) is 18.0 Å². The number of ketones is 1. The predicted octanol–water partition coefficient (Wildman–Crippen LogP) is 3.89. The van der Waals surface area contributed by atoms with E-state index in [0.29, 0.717) is 6.54 Å². The van der Waals surface area contributed by atoms with Crippen molar-refractivity contribution in [1.29, 1.82) is 0 Å². The van der Waals surface area contributed by atoms with Gasteiger partial charge in [0, 0.05) is 37.0 Å². The van der Waals surface area contributed by atoms with Crippen LogP contribution < -0.4 is 0 Å². The third kappa shape index (κ3) is 4.72. The maximum absolute atomic E-state index is 12.9. The molecule has 0 spiro atoms. The van der Waals surface area contributed by atoms with Gasteiger partial charge >= 0.3 is 6.18 Å². The van der Waals surface area contributed by atoms with E-state index in [0.717, 1.165) is 51.0 Å². The Morgan fingerprint density at radius 1 is 1.23 bits per heavy atom. The smallest absolute Gasteiger partial charge is 0.303 e. The molecule has 0 bridgehead atoms. The normalized spacial score (nSPS) is 18.8. The number of alkyl halides is 3. The number of Topliss-reactive ketones (excluding diaryl/α,β-unsaturated/α-hetero) is 1. The summed E-state index contributed by atoms with van der Waals surface area (Å²) in [7, 11) is 0. The van der Waals surface area contributed by atoms with Gasteiger partial charge in [-0.1, -0.05) is 12.1 Å². The average molecular weight is 365 g/mol. The van der Waals surface area contributed by atoms with Crippen molar-refractivity contribution < 1.29 is 18.0 Å². The Bertz CT molecular complexity index is 728. The van der Waals surface area contributed by atoms with Gasteiger partial charge in [-0.3, -0.25) is 9.48 Å². The quantitative estimate of drug-likeness (QED) is 0.729. The zero-order chi connectivity index (χ0) is 18.6. The fourth-order valence-corrected chi connectivity index (χ4v) is 3.45. The van der Waals surface area contributed by atoms with Crippen LogP contribution in [0.25, 0.3) is 0 Å². The lowest BCUT2D eigenvalue weighted by Gasteiger charge is -2.32. The van der Waals surface area contributed by atoms with Crippen LogP contribution in [0.3, 0.4) is 0 Å². The maximum atomic E-state index is 12.9. The molecule has 3 rings (SSSR count). The molecule has 140 valence electrons. The molecule has 1 aliphatic rings. The van der Waals surface area contributed by atoms with Crippen LogP contribution in [0.4, 0.5) is 13.2 Å². The first-order valence-electron chi connectivity index (χ1n) is 8.85. The standard InChI is InChI=1S/C19H22F3N3O/c20-19(21,22)17-7-1-5-15(13-17)18(26)16-6-2-9-24(14-16)10-4-12-25-11-3-8-23-25/h1,3,5,7-8,11,13,16H,2,4,6,9-10,12,14H2. The predicted molar refractivity (Wildman–Crippen MR) is 91.8 cm³/mol. The molecule has 0 aliphatic carbocycles. The Morgan fingerprint density at radius 2 is 2.08 bits per heavy atom. The molecule has 2 heterocycles. The monoisotopic (exact) mass is 365 g/mol. The van der Waals surface area contributed by atoms with Crippen LogP contribution >= 0.6 is 0 Å². The summed E-state index contributed by atoms with van der Waals surface area (Å²) in [5, 5.41) is 4.16. The van der Waals surface area contributed by atoms with Gasteiger partial charge in [-0.15, -0.1) is 0 Å². The molecule has 0 N–H and O–H groups in total. The van der Waals surface area contributed by atoms with Crippen molar-refractivity contribution >= 4 is 5.78 Å². The van der Waals surface area contributed by atoms with Crippen molar-refractivity contribution in [3.63, 3.8) is 0 Å². The second kappa shape index (κ2) is 8.03. The summed E-state index contributed by atoms with van der Waals surface area (Å²) in [6.07, 6.45) is 1.76. The molecule has 1 aromatic carbocycles. The molecule has 1 unspecified atom stereocenters. The lowest BCUT2D eigenvalue weighted by Crippen LogP contribution is -2.39. The van der Waals surface area contributed by atoms with E-state index >= 15 is 0 Å². The first-order valence-corrected chi connectivity index (χ1v) is 8.85. The fourth-order valence-electron chi connectivity index (χ4n) is 3.45. The molecular formula is C19H22F3N3O. The number of aryl methyl sites for hydroxylation is 1. The molecule has 26 heavy (non-hydrogen) atoms. The largest absolute Gasteiger partial charge is 0.416 e. The van der Waals surface area contributed by atoms with Gasteiger partial charge in [0.2, 0.25) is 0 Å². The third-order valence-corrected chi connectivity index (χ3v) is 4.77. The van der Waals surface area contributed by atoms with Crippen LogP contribution in [-0.2, 0) is 12.7 Å². The molecule has 0 saturated carbocycles. The maximum Gasteiger partial charge on any atom is 0.416 e. The molecule has 1 fully saturated rings. The van der Waals surface area contributed by atoms with Crippen molar-refractivity contribution in [2.45, 2.75) is 32.0 Å². The van der Waals surface area contributed by atoms with Gasteiger partial charge in [0.1, 0.15) is 0 Å². The average Bonchev–Trinajstić information content (AvgIpc) is 3.14. The van der Waals surface area contributed by atoms with Crippen LogP contribution in [0.15, 0.2) is 42.7 Å².